The monoisotopic (exact) mass is 455 g/mol. The summed E-state index contributed by atoms with van der Waals surface area (Å²) < 4.78 is 5.96. The summed E-state index contributed by atoms with van der Waals surface area (Å²) in [6.45, 7) is 3.95. The molecule has 2 N–H and O–H groups in total. The fourth-order valence-electron chi connectivity index (χ4n) is 5.03. The number of thioether (sulfide) groups is 1. The molecule has 166 valence electrons. The van der Waals surface area contributed by atoms with Crippen LogP contribution in [0.25, 0.3) is 10.8 Å². The fraction of sp³-hybridized carbons (Fsp3) is 0.259. The molecule has 6 heteroatoms. The molecule has 33 heavy (non-hydrogen) atoms. The van der Waals surface area contributed by atoms with Gasteiger partial charge in [0.05, 0.1) is 23.2 Å². The van der Waals surface area contributed by atoms with E-state index in [2.05, 4.69) is 31.2 Å². The van der Waals surface area contributed by atoms with Crippen molar-refractivity contribution in [2.75, 3.05) is 10.7 Å². The molecule has 2 aliphatic rings. The van der Waals surface area contributed by atoms with Gasteiger partial charge in [0.1, 0.15) is 11.6 Å². The number of carbonyl (C=O) groups is 1. The first kappa shape index (κ1) is 21.4. The Hall–Kier alpha value is -3.43. The summed E-state index contributed by atoms with van der Waals surface area (Å²) in [7, 11) is 0. The summed E-state index contributed by atoms with van der Waals surface area (Å²) in [5.41, 5.74) is 10.5. The molecule has 1 atom stereocenters. The Morgan fingerprint density at radius 2 is 2.00 bits per heavy atom. The quantitative estimate of drug-likeness (QED) is 0.475. The smallest absolute Gasteiger partial charge is 0.164 e. The van der Waals surface area contributed by atoms with Gasteiger partial charge in [0, 0.05) is 28.6 Å². The van der Waals surface area contributed by atoms with Crippen molar-refractivity contribution in [3.05, 3.63) is 82.5 Å². The lowest BCUT2D eigenvalue weighted by Gasteiger charge is -2.39. The Morgan fingerprint density at radius 1 is 1.21 bits per heavy atom. The van der Waals surface area contributed by atoms with Crippen molar-refractivity contribution in [3.63, 3.8) is 0 Å². The summed E-state index contributed by atoms with van der Waals surface area (Å²) in [6.07, 6.45) is 1.97. The molecule has 0 bridgehead atoms. The molecular formula is C27H25N3O2S. The standard InChI is InChI=1S/C27H25N3O2S/c1-3-33-27-19(14-16(2)32-27)24-20(15-28)26(29)30(22-12-7-13-23(31)25(22)24)21-11-6-9-17-8-4-5-10-18(17)21/h4-6,8-11,14,24H,3,7,12-13,29H2,1-2H3. The van der Waals surface area contributed by atoms with Crippen molar-refractivity contribution < 1.29 is 9.21 Å². The molecule has 1 aliphatic heterocycles. The van der Waals surface area contributed by atoms with Gasteiger partial charge in [-0.1, -0.05) is 55.1 Å². The highest BCUT2D eigenvalue weighted by molar-refractivity contribution is 7.99. The van der Waals surface area contributed by atoms with Crippen molar-refractivity contribution in [2.24, 2.45) is 5.73 Å². The van der Waals surface area contributed by atoms with Crippen LogP contribution < -0.4 is 10.6 Å². The number of hydrogen-bond acceptors (Lipinski definition) is 6. The predicted molar refractivity (Wildman–Crippen MR) is 132 cm³/mol. The van der Waals surface area contributed by atoms with E-state index in [-0.39, 0.29) is 5.78 Å². The third-order valence-corrected chi connectivity index (χ3v) is 7.23. The van der Waals surface area contributed by atoms with Crippen LogP contribution in [0.5, 0.6) is 0 Å². The van der Waals surface area contributed by atoms with Crippen LogP contribution in [0.1, 0.15) is 43.4 Å². The molecule has 2 heterocycles. The number of nitrogens with zero attached hydrogens (tertiary/aromatic N) is 2. The zero-order valence-electron chi connectivity index (χ0n) is 18.7. The van der Waals surface area contributed by atoms with Gasteiger partial charge >= 0.3 is 0 Å². The van der Waals surface area contributed by atoms with Crippen LogP contribution in [0.3, 0.4) is 0 Å². The Morgan fingerprint density at radius 3 is 2.79 bits per heavy atom. The molecule has 0 saturated carbocycles. The van der Waals surface area contributed by atoms with E-state index < -0.39 is 5.92 Å². The van der Waals surface area contributed by atoms with Crippen molar-refractivity contribution in [3.8, 4) is 6.07 Å². The molecule has 0 saturated heterocycles. The molecule has 5 rings (SSSR count). The average Bonchev–Trinajstić information content (AvgIpc) is 3.18. The van der Waals surface area contributed by atoms with Crippen molar-refractivity contribution in [1.29, 1.82) is 5.26 Å². The Kier molecular flexibility index (Phi) is 5.51. The van der Waals surface area contributed by atoms with E-state index in [0.29, 0.717) is 23.4 Å². The topological polar surface area (TPSA) is 83.3 Å². The first-order valence-electron chi connectivity index (χ1n) is 11.2. The normalized spacial score (nSPS) is 18.6. The number of aryl methyl sites for hydroxylation is 1. The second-order valence-electron chi connectivity index (χ2n) is 8.35. The summed E-state index contributed by atoms with van der Waals surface area (Å²) in [6, 6.07) is 18.5. The van der Waals surface area contributed by atoms with Gasteiger partial charge in [0.2, 0.25) is 0 Å². The van der Waals surface area contributed by atoms with Crippen LogP contribution in [0.15, 0.2) is 80.7 Å². The molecule has 0 amide bonds. The number of nitriles is 1. The zero-order valence-corrected chi connectivity index (χ0v) is 19.5. The molecule has 5 nitrogen and oxygen atoms in total. The van der Waals surface area contributed by atoms with Crippen molar-refractivity contribution in [2.45, 2.75) is 44.1 Å². The average molecular weight is 456 g/mol. The SMILES string of the molecule is CCSc1oc(C)cc1C1C(C#N)=C(N)N(c2cccc3ccccc23)C2=C1C(=O)CCC2. The maximum atomic E-state index is 13.4. The number of carbonyl (C=O) groups excluding carboxylic acids is 1. The van der Waals surface area contributed by atoms with Crippen LogP contribution in [-0.4, -0.2) is 11.5 Å². The van der Waals surface area contributed by atoms with Gasteiger partial charge in [-0.2, -0.15) is 5.26 Å². The Bertz CT molecular complexity index is 1370. The molecule has 1 unspecified atom stereocenters. The third-order valence-electron chi connectivity index (χ3n) is 6.36. The molecule has 1 aliphatic carbocycles. The molecule has 0 radical (unpaired) electrons. The van der Waals surface area contributed by atoms with E-state index in [4.69, 9.17) is 10.2 Å². The highest BCUT2D eigenvalue weighted by atomic mass is 32.2. The highest BCUT2D eigenvalue weighted by Gasteiger charge is 2.42. The minimum atomic E-state index is -0.504. The number of Topliss-reactive ketones (excluding diaryl/α,β-unsaturated/α-hetero) is 1. The van der Waals surface area contributed by atoms with Crippen LogP contribution in [0.2, 0.25) is 0 Å². The van der Waals surface area contributed by atoms with E-state index in [1.165, 1.54) is 0 Å². The number of fused-ring (bicyclic) bond motifs is 1. The van der Waals surface area contributed by atoms with E-state index in [1.807, 2.05) is 42.2 Å². The van der Waals surface area contributed by atoms with Gasteiger partial charge in [0.15, 0.2) is 10.9 Å². The molecule has 2 aromatic carbocycles. The number of ketones is 1. The summed E-state index contributed by atoms with van der Waals surface area (Å²) in [5.74, 6) is 1.56. The number of nitrogens with two attached hydrogens (primary N) is 1. The van der Waals surface area contributed by atoms with E-state index in [0.717, 1.165) is 57.2 Å². The third kappa shape index (κ3) is 3.44. The van der Waals surface area contributed by atoms with Crippen LogP contribution >= 0.6 is 11.8 Å². The number of benzene rings is 2. The van der Waals surface area contributed by atoms with Crippen molar-refractivity contribution in [1.82, 2.24) is 0 Å². The molecular weight excluding hydrogens is 430 g/mol. The lowest BCUT2D eigenvalue weighted by molar-refractivity contribution is -0.116. The number of rotatable bonds is 4. The van der Waals surface area contributed by atoms with Gasteiger partial charge in [-0.25, -0.2) is 0 Å². The molecule has 0 fully saturated rings. The zero-order chi connectivity index (χ0) is 23.1. The lowest BCUT2D eigenvalue weighted by atomic mass is 9.76. The number of anilines is 1. The number of hydrogen-bond donors (Lipinski definition) is 1. The van der Waals surface area contributed by atoms with Crippen molar-refractivity contribution >= 4 is 34.0 Å². The Labute approximate surface area is 197 Å². The van der Waals surface area contributed by atoms with E-state index in [9.17, 15) is 10.1 Å². The number of allylic oxidation sites excluding steroid dienone is 3. The first-order chi connectivity index (χ1) is 16.0. The van der Waals surface area contributed by atoms with Gasteiger partial charge in [-0.3, -0.25) is 9.69 Å². The minimum Gasteiger partial charge on any atom is -0.455 e. The summed E-state index contributed by atoms with van der Waals surface area (Å²) >= 11 is 1.58. The second-order valence-corrected chi connectivity index (χ2v) is 9.58. The largest absolute Gasteiger partial charge is 0.455 e. The minimum absolute atomic E-state index is 0.0815. The summed E-state index contributed by atoms with van der Waals surface area (Å²) in [5, 5.41) is 13.2. The maximum absolute atomic E-state index is 13.4. The molecule has 1 aromatic heterocycles. The van der Waals surface area contributed by atoms with E-state index in [1.54, 1.807) is 11.8 Å². The second kappa shape index (κ2) is 8.49. The van der Waals surface area contributed by atoms with Gasteiger partial charge < -0.3 is 10.2 Å². The first-order valence-corrected chi connectivity index (χ1v) is 12.2. The predicted octanol–water partition coefficient (Wildman–Crippen LogP) is 6.16. The van der Waals surface area contributed by atoms with Gasteiger partial charge in [0.25, 0.3) is 0 Å². The number of furan rings is 1. The highest BCUT2D eigenvalue weighted by Crippen LogP contribution is 2.49. The maximum Gasteiger partial charge on any atom is 0.164 e. The molecule has 0 spiro atoms. The summed E-state index contributed by atoms with van der Waals surface area (Å²) in [4.78, 5) is 15.3. The van der Waals surface area contributed by atoms with E-state index >= 15 is 0 Å². The van der Waals surface area contributed by atoms with Gasteiger partial charge in [-0.15, -0.1) is 0 Å². The fourth-order valence-corrected chi connectivity index (χ4v) is 5.83. The van der Waals surface area contributed by atoms with Crippen LogP contribution in [0, 0.1) is 18.3 Å². The van der Waals surface area contributed by atoms with Gasteiger partial charge in [-0.05, 0) is 43.0 Å². The Balaban J connectivity index is 1.79. The van der Waals surface area contributed by atoms with Crippen LogP contribution in [0.4, 0.5) is 5.69 Å². The lowest BCUT2D eigenvalue weighted by Crippen LogP contribution is -2.38. The molecule has 3 aromatic rings. The van der Waals surface area contributed by atoms with Crippen LogP contribution in [-0.2, 0) is 4.79 Å².